The molecule has 102 valence electrons. The number of benzene rings is 2. The Morgan fingerprint density at radius 1 is 1.10 bits per heavy atom. The van der Waals surface area contributed by atoms with Gasteiger partial charge in [-0.1, -0.05) is 53.5 Å². The van der Waals surface area contributed by atoms with Crippen molar-refractivity contribution in [3.63, 3.8) is 0 Å². The molecule has 0 amide bonds. The van der Waals surface area contributed by atoms with E-state index >= 15 is 0 Å². The number of aliphatic hydroxyl groups excluding tert-OH is 1. The topological polar surface area (TPSA) is 46.5 Å². The molecule has 0 saturated carbocycles. The molecule has 0 bridgehead atoms. The number of esters is 1. The molecule has 0 aliphatic carbocycles. The maximum absolute atomic E-state index is 11.8. The lowest BCUT2D eigenvalue weighted by Crippen LogP contribution is -2.11. The summed E-state index contributed by atoms with van der Waals surface area (Å²) in [7, 11) is 0. The molecule has 0 radical (unpaired) electrons. The maximum atomic E-state index is 11.8. The van der Waals surface area contributed by atoms with E-state index in [0.29, 0.717) is 21.7 Å². The fourth-order valence-electron chi connectivity index (χ4n) is 2.32. The van der Waals surface area contributed by atoms with E-state index in [1.165, 1.54) is 0 Å². The first kappa shape index (κ1) is 13.4. The average Bonchev–Trinajstić information content (AvgIpc) is 2.79. The highest BCUT2D eigenvalue weighted by molar-refractivity contribution is 6.42. The van der Waals surface area contributed by atoms with Crippen molar-refractivity contribution in [3.8, 4) is 0 Å². The molecule has 1 aliphatic rings. The number of carbonyl (C=O) groups is 1. The molecule has 2 aromatic carbocycles. The van der Waals surface area contributed by atoms with Gasteiger partial charge >= 0.3 is 5.97 Å². The second-order valence-corrected chi connectivity index (χ2v) is 5.29. The number of halogens is 2. The Kier molecular flexibility index (Phi) is 3.42. The molecular weight excluding hydrogens is 299 g/mol. The van der Waals surface area contributed by atoms with Gasteiger partial charge in [0.05, 0.1) is 15.6 Å². The number of cyclic esters (lactones) is 1. The Labute approximate surface area is 125 Å². The summed E-state index contributed by atoms with van der Waals surface area (Å²) in [4.78, 5) is 11.8. The molecule has 3 nitrogen and oxygen atoms in total. The quantitative estimate of drug-likeness (QED) is 0.855. The number of hydrogen-bond acceptors (Lipinski definition) is 3. The van der Waals surface area contributed by atoms with E-state index in [1.54, 1.807) is 42.5 Å². The Balaban J connectivity index is 2.02. The summed E-state index contributed by atoms with van der Waals surface area (Å²) in [5, 5.41) is 11.1. The summed E-state index contributed by atoms with van der Waals surface area (Å²) < 4.78 is 5.25. The smallest absolute Gasteiger partial charge is 0.339 e. The summed E-state index contributed by atoms with van der Waals surface area (Å²) >= 11 is 12.0. The van der Waals surface area contributed by atoms with Crippen LogP contribution in [-0.4, -0.2) is 11.1 Å². The Morgan fingerprint density at radius 3 is 2.65 bits per heavy atom. The molecule has 0 unspecified atom stereocenters. The van der Waals surface area contributed by atoms with E-state index in [2.05, 4.69) is 0 Å². The van der Waals surface area contributed by atoms with Crippen LogP contribution < -0.4 is 0 Å². The van der Waals surface area contributed by atoms with Crippen LogP contribution in [0, 0.1) is 0 Å². The number of ether oxygens (including phenoxy) is 1. The molecule has 1 N–H and O–H groups in total. The monoisotopic (exact) mass is 308 g/mol. The Morgan fingerprint density at radius 2 is 1.85 bits per heavy atom. The van der Waals surface area contributed by atoms with Crippen molar-refractivity contribution in [2.24, 2.45) is 0 Å². The van der Waals surface area contributed by atoms with Crippen molar-refractivity contribution in [1.82, 2.24) is 0 Å². The number of aliphatic hydroxyl groups is 1. The van der Waals surface area contributed by atoms with E-state index in [9.17, 15) is 9.90 Å². The number of carbonyl (C=O) groups excluding carboxylic acids is 1. The maximum Gasteiger partial charge on any atom is 0.339 e. The zero-order chi connectivity index (χ0) is 14.3. The third-order valence-corrected chi connectivity index (χ3v) is 4.14. The zero-order valence-electron chi connectivity index (χ0n) is 10.2. The summed E-state index contributed by atoms with van der Waals surface area (Å²) in [5.41, 5.74) is 1.56. The minimum Gasteiger partial charge on any atom is -0.451 e. The van der Waals surface area contributed by atoms with Crippen LogP contribution in [0.2, 0.25) is 10.0 Å². The van der Waals surface area contributed by atoms with Crippen LogP contribution in [0.15, 0.2) is 42.5 Å². The van der Waals surface area contributed by atoms with Crippen LogP contribution in [0.4, 0.5) is 0 Å². The average molecular weight is 309 g/mol. The van der Waals surface area contributed by atoms with Gasteiger partial charge in [0, 0.05) is 11.1 Å². The third-order valence-electron chi connectivity index (χ3n) is 3.31. The molecule has 20 heavy (non-hydrogen) atoms. The predicted molar refractivity (Wildman–Crippen MR) is 76.0 cm³/mol. The fraction of sp³-hybridized carbons (Fsp3) is 0.133. The standard InChI is InChI=1S/C15H10Cl2O3/c16-11-7-3-6-10(12(11)17)13(18)14-8-4-1-2-5-9(8)15(19)20-14/h1-7,13-14,18H/t13-,14+/m1/s1. The number of rotatable bonds is 2. The van der Waals surface area contributed by atoms with Gasteiger partial charge in [0.15, 0.2) is 6.10 Å². The highest BCUT2D eigenvalue weighted by atomic mass is 35.5. The van der Waals surface area contributed by atoms with E-state index in [0.717, 1.165) is 0 Å². The van der Waals surface area contributed by atoms with Crippen molar-refractivity contribution >= 4 is 29.2 Å². The molecule has 5 heteroatoms. The summed E-state index contributed by atoms with van der Waals surface area (Å²) in [5.74, 6) is -0.442. The van der Waals surface area contributed by atoms with Gasteiger partial charge in [-0.2, -0.15) is 0 Å². The minimum absolute atomic E-state index is 0.266. The largest absolute Gasteiger partial charge is 0.451 e. The van der Waals surface area contributed by atoms with Gasteiger partial charge in [0.2, 0.25) is 0 Å². The van der Waals surface area contributed by atoms with Crippen molar-refractivity contribution in [3.05, 3.63) is 69.2 Å². The van der Waals surface area contributed by atoms with Crippen LogP contribution in [0.1, 0.15) is 33.7 Å². The van der Waals surface area contributed by atoms with Gasteiger partial charge in [0.1, 0.15) is 6.10 Å². The molecular formula is C15H10Cl2O3. The van der Waals surface area contributed by atoms with E-state index in [-0.39, 0.29) is 5.02 Å². The molecule has 0 fully saturated rings. The first-order chi connectivity index (χ1) is 9.59. The van der Waals surface area contributed by atoms with Gasteiger partial charge < -0.3 is 9.84 Å². The second-order valence-electron chi connectivity index (χ2n) is 4.50. The molecule has 0 spiro atoms. The van der Waals surface area contributed by atoms with Crippen molar-refractivity contribution < 1.29 is 14.6 Å². The molecule has 0 aromatic heterocycles. The molecule has 2 atom stereocenters. The molecule has 0 saturated heterocycles. The SMILES string of the molecule is O=C1O[C@H]([C@H](O)c2cccc(Cl)c2Cl)c2ccccc21. The first-order valence-electron chi connectivity index (χ1n) is 6.01. The van der Waals surface area contributed by atoms with Crippen LogP contribution >= 0.6 is 23.2 Å². The normalized spacial score (nSPS) is 18.6. The van der Waals surface area contributed by atoms with Crippen molar-refractivity contribution in [1.29, 1.82) is 0 Å². The van der Waals surface area contributed by atoms with Gasteiger partial charge in [0.25, 0.3) is 0 Å². The summed E-state index contributed by atoms with van der Waals surface area (Å²) in [6, 6.07) is 12.0. The zero-order valence-corrected chi connectivity index (χ0v) is 11.7. The van der Waals surface area contributed by atoms with Gasteiger partial charge in [-0.25, -0.2) is 4.79 Å². The lowest BCUT2D eigenvalue weighted by molar-refractivity contribution is -0.0102. The van der Waals surface area contributed by atoms with E-state index in [4.69, 9.17) is 27.9 Å². The minimum atomic E-state index is -1.06. The Hall–Kier alpha value is -1.55. The first-order valence-corrected chi connectivity index (χ1v) is 6.77. The van der Waals surface area contributed by atoms with E-state index in [1.807, 2.05) is 0 Å². The molecule has 3 rings (SSSR count). The fourth-order valence-corrected chi connectivity index (χ4v) is 2.74. The van der Waals surface area contributed by atoms with Gasteiger partial charge in [-0.05, 0) is 12.1 Å². The van der Waals surface area contributed by atoms with Gasteiger partial charge in [-0.15, -0.1) is 0 Å². The lowest BCUT2D eigenvalue weighted by Gasteiger charge is -2.19. The number of hydrogen-bond donors (Lipinski definition) is 1. The Bertz CT molecular complexity index is 685. The van der Waals surface area contributed by atoms with Crippen molar-refractivity contribution in [2.45, 2.75) is 12.2 Å². The van der Waals surface area contributed by atoms with Crippen LogP contribution in [0.25, 0.3) is 0 Å². The van der Waals surface area contributed by atoms with Gasteiger partial charge in [-0.3, -0.25) is 0 Å². The predicted octanol–water partition coefficient (Wildman–Crippen LogP) is 3.94. The molecule has 1 heterocycles. The van der Waals surface area contributed by atoms with E-state index < -0.39 is 18.2 Å². The molecule has 2 aromatic rings. The lowest BCUT2D eigenvalue weighted by atomic mass is 9.97. The van der Waals surface area contributed by atoms with Crippen LogP contribution in [0.3, 0.4) is 0 Å². The number of fused-ring (bicyclic) bond motifs is 1. The summed E-state index contributed by atoms with van der Waals surface area (Å²) in [6.07, 6.45) is -1.83. The molecule has 1 aliphatic heterocycles. The second kappa shape index (κ2) is 5.09. The van der Waals surface area contributed by atoms with Crippen LogP contribution in [0.5, 0.6) is 0 Å². The third kappa shape index (κ3) is 2.08. The summed E-state index contributed by atoms with van der Waals surface area (Å²) in [6.45, 7) is 0. The highest BCUT2D eigenvalue weighted by Crippen LogP contribution is 2.42. The van der Waals surface area contributed by atoms with Crippen LogP contribution in [-0.2, 0) is 4.74 Å². The van der Waals surface area contributed by atoms with Crippen molar-refractivity contribution in [2.75, 3.05) is 0 Å². The highest BCUT2D eigenvalue weighted by Gasteiger charge is 2.37.